The molecule has 0 unspecified atom stereocenters. The van der Waals surface area contributed by atoms with E-state index in [9.17, 15) is 14.4 Å². The Bertz CT molecular complexity index is 1190. The number of hydrogen-bond acceptors (Lipinski definition) is 6. The molecule has 0 radical (unpaired) electrons. The zero-order valence-corrected chi connectivity index (χ0v) is 20.3. The van der Waals surface area contributed by atoms with E-state index in [4.69, 9.17) is 9.47 Å². The van der Waals surface area contributed by atoms with E-state index in [1.54, 1.807) is 60.7 Å². The number of aryl methyl sites for hydroxylation is 1. The third-order valence-corrected chi connectivity index (χ3v) is 5.15. The van der Waals surface area contributed by atoms with Crippen molar-refractivity contribution < 1.29 is 23.9 Å². The molecule has 2 N–H and O–H groups in total. The molecule has 2 amide bonds. The second-order valence-corrected chi connectivity index (χ2v) is 7.89. The summed E-state index contributed by atoms with van der Waals surface area (Å²) < 4.78 is 11.0. The number of esters is 1. The van der Waals surface area contributed by atoms with E-state index in [2.05, 4.69) is 22.8 Å². The third kappa shape index (κ3) is 8.09. The van der Waals surface area contributed by atoms with Crippen LogP contribution in [0.2, 0.25) is 0 Å². The lowest BCUT2D eigenvalue weighted by atomic mass is 10.1. The fourth-order valence-electron chi connectivity index (χ4n) is 3.04. The van der Waals surface area contributed by atoms with Crippen LogP contribution in [0.1, 0.15) is 48.2 Å². The van der Waals surface area contributed by atoms with Crippen LogP contribution in [-0.2, 0) is 16.0 Å². The molecule has 3 rings (SSSR count). The molecular weight excluding hydrogens is 458 g/mol. The topological polar surface area (TPSA) is 106 Å². The van der Waals surface area contributed by atoms with Crippen LogP contribution < -0.4 is 20.2 Å². The first-order valence-electron chi connectivity index (χ1n) is 11.8. The number of hydrazone groups is 1. The minimum absolute atomic E-state index is 0.359. The monoisotopic (exact) mass is 487 g/mol. The molecule has 0 spiro atoms. The summed E-state index contributed by atoms with van der Waals surface area (Å²) in [7, 11) is 0. The number of nitrogens with one attached hydrogen (secondary N) is 2. The Labute approximate surface area is 210 Å². The van der Waals surface area contributed by atoms with E-state index in [0.717, 1.165) is 24.8 Å². The highest BCUT2D eigenvalue weighted by Gasteiger charge is 2.13. The fraction of sp³-hybridized carbons (Fsp3) is 0.214. The molecule has 0 saturated carbocycles. The molecular formula is C28H29N3O5. The molecule has 186 valence electrons. The lowest BCUT2D eigenvalue weighted by molar-refractivity contribution is -0.136. The van der Waals surface area contributed by atoms with Gasteiger partial charge >= 0.3 is 17.8 Å². The summed E-state index contributed by atoms with van der Waals surface area (Å²) >= 11 is 0. The Morgan fingerprint density at radius 3 is 2.14 bits per heavy atom. The number of carbonyl (C=O) groups excluding carboxylic acids is 3. The first kappa shape index (κ1) is 26.2. The van der Waals surface area contributed by atoms with Crippen molar-refractivity contribution in [3.05, 3.63) is 89.5 Å². The highest BCUT2D eigenvalue weighted by atomic mass is 16.5. The highest BCUT2D eigenvalue weighted by Crippen LogP contribution is 2.17. The molecule has 0 aromatic heterocycles. The predicted molar refractivity (Wildman–Crippen MR) is 138 cm³/mol. The number of benzene rings is 3. The minimum atomic E-state index is -0.891. The van der Waals surface area contributed by atoms with Crippen molar-refractivity contribution in [3.8, 4) is 11.5 Å². The first-order valence-corrected chi connectivity index (χ1v) is 11.8. The Balaban J connectivity index is 1.46. The van der Waals surface area contributed by atoms with Crippen LogP contribution in [0.15, 0.2) is 77.9 Å². The van der Waals surface area contributed by atoms with Gasteiger partial charge in [-0.2, -0.15) is 5.10 Å². The van der Waals surface area contributed by atoms with Gasteiger partial charge < -0.3 is 14.8 Å². The number of hydrogen-bond donors (Lipinski definition) is 2. The maximum absolute atomic E-state index is 12.4. The SMILES string of the molecule is CCCCOc1ccc(C(=O)Oc2ccc(/C=N\NC(=O)C(=O)Nc3ccc(CC)cc3)cc2)cc1. The molecule has 0 aliphatic carbocycles. The van der Waals surface area contributed by atoms with Crippen molar-refractivity contribution >= 4 is 29.7 Å². The molecule has 0 heterocycles. The molecule has 0 aliphatic rings. The molecule has 36 heavy (non-hydrogen) atoms. The molecule has 8 heteroatoms. The lowest BCUT2D eigenvalue weighted by Gasteiger charge is -2.07. The molecule has 0 atom stereocenters. The number of anilines is 1. The second-order valence-electron chi connectivity index (χ2n) is 7.89. The van der Waals surface area contributed by atoms with E-state index in [1.165, 1.54) is 6.21 Å². The largest absolute Gasteiger partial charge is 0.494 e. The molecule has 3 aromatic rings. The summed E-state index contributed by atoms with van der Waals surface area (Å²) in [6.45, 7) is 4.76. The van der Waals surface area contributed by atoms with Crippen LogP contribution in [0, 0.1) is 0 Å². The molecule has 0 aliphatic heterocycles. The minimum Gasteiger partial charge on any atom is -0.494 e. The summed E-state index contributed by atoms with van der Waals surface area (Å²) in [5.41, 5.74) is 4.89. The van der Waals surface area contributed by atoms with Crippen LogP contribution >= 0.6 is 0 Å². The predicted octanol–water partition coefficient (Wildman–Crippen LogP) is 4.74. The molecule has 3 aromatic carbocycles. The summed E-state index contributed by atoms with van der Waals surface area (Å²) in [5, 5.41) is 6.31. The Morgan fingerprint density at radius 2 is 1.50 bits per heavy atom. The number of unbranched alkanes of at least 4 members (excludes halogenated alkanes) is 1. The van der Waals surface area contributed by atoms with Gasteiger partial charge in [-0.3, -0.25) is 9.59 Å². The van der Waals surface area contributed by atoms with E-state index >= 15 is 0 Å². The first-order chi connectivity index (χ1) is 17.5. The van der Waals surface area contributed by atoms with Gasteiger partial charge in [0.1, 0.15) is 11.5 Å². The fourth-order valence-corrected chi connectivity index (χ4v) is 3.04. The molecule has 0 bridgehead atoms. The number of amides is 2. The van der Waals surface area contributed by atoms with Crippen molar-refractivity contribution in [2.24, 2.45) is 5.10 Å². The van der Waals surface area contributed by atoms with Gasteiger partial charge in [-0.1, -0.05) is 32.4 Å². The van der Waals surface area contributed by atoms with Crippen molar-refractivity contribution in [3.63, 3.8) is 0 Å². The van der Waals surface area contributed by atoms with Crippen LogP contribution in [0.5, 0.6) is 11.5 Å². The van der Waals surface area contributed by atoms with Gasteiger partial charge in [-0.25, -0.2) is 10.2 Å². The van der Waals surface area contributed by atoms with E-state index in [1.807, 2.05) is 19.1 Å². The summed E-state index contributed by atoms with van der Waals surface area (Å²) in [6, 6.07) is 20.6. The van der Waals surface area contributed by atoms with Gasteiger partial charge in [-0.15, -0.1) is 0 Å². The van der Waals surface area contributed by atoms with Gasteiger partial charge in [0, 0.05) is 5.69 Å². The Kier molecular flexibility index (Phi) is 9.76. The van der Waals surface area contributed by atoms with Crippen molar-refractivity contribution in [2.75, 3.05) is 11.9 Å². The van der Waals surface area contributed by atoms with Gasteiger partial charge in [0.05, 0.1) is 18.4 Å². The maximum Gasteiger partial charge on any atom is 0.343 e. The van der Waals surface area contributed by atoms with Crippen molar-refractivity contribution in [1.82, 2.24) is 5.43 Å². The summed E-state index contributed by atoms with van der Waals surface area (Å²) in [5.74, 6) is -1.13. The Morgan fingerprint density at radius 1 is 0.833 bits per heavy atom. The smallest absolute Gasteiger partial charge is 0.343 e. The number of nitrogens with zero attached hydrogens (tertiary/aromatic N) is 1. The summed E-state index contributed by atoms with van der Waals surface area (Å²) in [6.07, 6.45) is 4.29. The van der Waals surface area contributed by atoms with Crippen LogP contribution in [0.25, 0.3) is 0 Å². The zero-order chi connectivity index (χ0) is 25.8. The average Bonchev–Trinajstić information content (AvgIpc) is 2.90. The molecule has 0 saturated heterocycles. The van der Waals surface area contributed by atoms with Gasteiger partial charge in [-0.05, 0) is 84.6 Å². The average molecular weight is 488 g/mol. The van der Waals surface area contributed by atoms with Crippen molar-refractivity contribution in [2.45, 2.75) is 33.1 Å². The second kappa shape index (κ2) is 13.4. The lowest BCUT2D eigenvalue weighted by Crippen LogP contribution is -2.32. The highest BCUT2D eigenvalue weighted by molar-refractivity contribution is 6.39. The zero-order valence-electron chi connectivity index (χ0n) is 20.3. The third-order valence-electron chi connectivity index (χ3n) is 5.15. The van der Waals surface area contributed by atoms with E-state index in [-0.39, 0.29) is 0 Å². The van der Waals surface area contributed by atoms with Crippen LogP contribution in [0.4, 0.5) is 5.69 Å². The Hall–Kier alpha value is -4.46. The quantitative estimate of drug-likeness (QED) is 0.107. The maximum atomic E-state index is 12.4. The summed E-state index contributed by atoms with van der Waals surface area (Å²) in [4.78, 5) is 36.3. The van der Waals surface area contributed by atoms with Gasteiger partial charge in [0.2, 0.25) is 0 Å². The van der Waals surface area contributed by atoms with Crippen LogP contribution in [0.3, 0.4) is 0 Å². The number of carbonyl (C=O) groups is 3. The normalized spacial score (nSPS) is 10.6. The van der Waals surface area contributed by atoms with Crippen molar-refractivity contribution in [1.29, 1.82) is 0 Å². The number of ether oxygens (including phenoxy) is 2. The van der Waals surface area contributed by atoms with Gasteiger partial charge in [0.15, 0.2) is 0 Å². The molecule has 8 nitrogen and oxygen atoms in total. The standard InChI is InChI=1S/C28H29N3O5/c1-3-5-18-35-24-16-10-22(11-17-24)28(34)36-25-14-8-21(9-15-25)19-29-31-27(33)26(32)30-23-12-6-20(4-2)7-13-23/h6-17,19H,3-5,18H2,1-2H3,(H,30,32)(H,31,33)/b29-19-. The molecule has 0 fully saturated rings. The van der Waals surface area contributed by atoms with E-state index < -0.39 is 17.8 Å². The number of rotatable bonds is 10. The van der Waals surface area contributed by atoms with Gasteiger partial charge in [0.25, 0.3) is 0 Å². The van der Waals surface area contributed by atoms with Crippen LogP contribution in [-0.4, -0.2) is 30.6 Å². The van der Waals surface area contributed by atoms with E-state index in [0.29, 0.717) is 34.9 Å².